The summed E-state index contributed by atoms with van der Waals surface area (Å²) >= 11 is 0. The molecule has 0 bridgehead atoms. The minimum absolute atomic E-state index is 0.130. The number of hydrogen-bond acceptors (Lipinski definition) is 3. The molecular formula is C10H16O3. The highest BCUT2D eigenvalue weighted by molar-refractivity contribution is 5.81. The summed E-state index contributed by atoms with van der Waals surface area (Å²) in [5.74, 6) is 0.173. The number of cyclic esters (lactones) is 1. The van der Waals surface area contributed by atoms with Crippen molar-refractivity contribution in [3.8, 4) is 0 Å². The quantitative estimate of drug-likeness (QED) is 0.536. The first-order valence-electron chi connectivity index (χ1n) is 4.78. The van der Waals surface area contributed by atoms with Crippen molar-refractivity contribution < 1.29 is 14.3 Å². The van der Waals surface area contributed by atoms with Crippen molar-refractivity contribution in [1.29, 1.82) is 0 Å². The Hall–Kier alpha value is -0.860. The Morgan fingerprint density at radius 3 is 2.69 bits per heavy atom. The van der Waals surface area contributed by atoms with Crippen molar-refractivity contribution in [3.05, 3.63) is 0 Å². The van der Waals surface area contributed by atoms with Gasteiger partial charge in [0.15, 0.2) is 0 Å². The Morgan fingerprint density at radius 2 is 2.00 bits per heavy atom. The van der Waals surface area contributed by atoms with E-state index in [4.69, 9.17) is 4.74 Å². The largest absolute Gasteiger partial charge is 0.465 e. The van der Waals surface area contributed by atoms with Crippen LogP contribution in [0.3, 0.4) is 0 Å². The average Bonchev–Trinajstić information content (AvgIpc) is 2.12. The van der Waals surface area contributed by atoms with Gasteiger partial charge in [-0.2, -0.15) is 0 Å². The Morgan fingerprint density at radius 1 is 1.31 bits per heavy atom. The molecule has 74 valence electrons. The van der Waals surface area contributed by atoms with Crippen molar-refractivity contribution in [2.45, 2.75) is 33.1 Å². The lowest BCUT2D eigenvalue weighted by Gasteiger charge is -2.07. The third kappa shape index (κ3) is 3.17. The first kappa shape index (κ1) is 10.2. The summed E-state index contributed by atoms with van der Waals surface area (Å²) in [5, 5.41) is 0. The highest BCUT2D eigenvalue weighted by Gasteiger charge is 2.20. The van der Waals surface area contributed by atoms with E-state index < -0.39 is 0 Å². The Labute approximate surface area is 78.5 Å². The fraction of sp³-hybridized carbons (Fsp3) is 0.800. The Kier molecular flexibility index (Phi) is 3.46. The molecule has 0 aromatic rings. The zero-order valence-electron chi connectivity index (χ0n) is 8.21. The second-order valence-corrected chi connectivity index (χ2v) is 3.90. The number of ketones is 1. The van der Waals surface area contributed by atoms with Gasteiger partial charge < -0.3 is 4.74 Å². The van der Waals surface area contributed by atoms with Crippen molar-refractivity contribution in [2.24, 2.45) is 11.8 Å². The van der Waals surface area contributed by atoms with Crippen LogP contribution in [0.25, 0.3) is 0 Å². The number of hydrogen-bond donors (Lipinski definition) is 0. The molecule has 3 nitrogen and oxygen atoms in total. The summed E-state index contributed by atoms with van der Waals surface area (Å²) in [6.07, 6.45) is 1.83. The third-order valence-corrected chi connectivity index (χ3v) is 2.44. The summed E-state index contributed by atoms with van der Waals surface area (Å²) in [5.41, 5.74) is 0. The molecule has 2 atom stereocenters. The molecule has 1 aliphatic rings. The van der Waals surface area contributed by atoms with E-state index in [0.29, 0.717) is 12.8 Å². The minimum atomic E-state index is -0.172. The van der Waals surface area contributed by atoms with E-state index in [1.165, 1.54) is 0 Å². The van der Waals surface area contributed by atoms with Crippen molar-refractivity contribution in [2.75, 3.05) is 6.61 Å². The number of carbonyl (C=O) groups is 2. The molecule has 0 radical (unpaired) electrons. The van der Waals surface area contributed by atoms with E-state index in [2.05, 4.69) is 0 Å². The maximum atomic E-state index is 11.4. The van der Waals surface area contributed by atoms with Crippen LogP contribution < -0.4 is 0 Å². The van der Waals surface area contributed by atoms with Gasteiger partial charge in [0.05, 0.1) is 0 Å². The number of carbonyl (C=O) groups excluding carboxylic acids is 2. The number of ether oxygens (including phenoxy) is 1. The highest BCUT2D eigenvalue weighted by atomic mass is 16.5. The molecule has 1 fully saturated rings. The monoisotopic (exact) mass is 184 g/mol. The maximum absolute atomic E-state index is 11.4. The van der Waals surface area contributed by atoms with E-state index in [1.807, 2.05) is 13.8 Å². The minimum Gasteiger partial charge on any atom is -0.465 e. The summed E-state index contributed by atoms with van der Waals surface area (Å²) in [4.78, 5) is 22.5. The molecule has 0 aromatic heterocycles. The average molecular weight is 184 g/mol. The van der Waals surface area contributed by atoms with Crippen LogP contribution in [0.5, 0.6) is 0 Å². The normalized spacial score (nSPS) is 31.5. The Balaban J connectivity index is 2.57. The van der Waals surface area contributed by atoms with E-state index >= 15 is 0 Å². The van der Waals surface area contributed by atoms with Gasteiger partial charge in [-0.1, -0.05) is 13.8 Å². The molecular weight excluding hydrogens is 168 g/mol. The lowest BCUT2D eigenvalue weighted by molar-refractivity contribution is -0.146. The van der Waals surface area contributed by atoms with Crippen LogP contribution in [0.4, 0.5) is 0 Å². The van der Waals surface area contributed by atoms with E-state index in [-0.39, 0.29) is 30.2 Å². The van der Waals surface area contributed by atoms with Gasteiger partial charge in [-0.05, 0) is 12.3 Å². The molecule has 0 aromatic carbocycles. The van der Waals surface area contributed by atoms with E-state index in [9.17, 15) is 9.59 Å². The molecule has 3 heteroatoms. The van der Waals surface area contributed by atoms with E-state index in [1.54, 1.807) is 0 Å². The van der Waals surface area contributed by atoms with Crippen LogP contribution in [-0.2, 0) is 14.3 Å². The van der Waals surface area contributed by atoms with Gasteiger partial charge in [-0.3, -0.25) is 9.59 Å². The van der Waals surface area contributed by atoms with Crippen LogP contribution in [0.2, 0.25) is 0 Å². The molecule has 0 unspecified atom stereocenters. The summed E-state index contributed by atoms with van der Waals surface area (Å²) < 4.78 is 4.96. The number of rotatable bonds is 0. The van der Waals surface area contributed by atoms with Gasteiger partial charge in [0.2, 0.25) is 0 Å². The summed E-state index contributed by atoms with van der Waals surface area (Å²) in [6, 6.07) is 0. The van der Waals surface area contributed by atoms with Gasteiger partial charge in [0.25, 0.3) is 0 Å². The standard InChI is InChI=1S/C10H16O3/c1-7-3-4-9(11)8(2)6-13-10(12)5-7/h7-8H,3-6H2,1-2H3/t7-,8+/m1/s1. The van der Waals surface area contributed by atoms with Gasteiger partial charge in [0, 0.05) is 18.8 Å². The fourth-order valence-electron chi connectivity index (χ4n) is 1.39. The van der Waals surface area contributed by atoms with Crippen molar-refractivity contribution in [1.82, 2.24) is 0 Å². The molecule has 1 heterocycles. The van der Waals surface area contributed by atoms with E-state index in [0.717, 1.165) is 6.42 Å². The van der Waals surface area contributed by atoms with Crippen LogP contribution in [-0.4, -0.2) is 18.4 Å². The second kappa shape index (κ2) is 4.40. The molecule has 0 saturated carbocycles. The molecule has 0 spiro atoms. The van der Waals surface area contributed by atoms with Crippen LogP contribution in [0, 0.1) is 11.8 Å². The van der Waals surface area contributed by atoms with Crippen LogP contribution in [0.1, 0.15) is 33.1 Å². The molecule has 0 aliphatic carbocycles. The van der Waals surface area contributed by atoms with Crippen LogP contribution >= 0.6 is 0 Å². The zero-order valence-corrected chi connectivity index (χ0v) is 8.21. The predicted octanol–water partition coefficient (Wildman–Crippen LogP) is 1.55. The summed E-state index contributed by atoms with van der Waals surface area (Å²) in [6.45, 7) is 4.04. The molecule has 1 saturated heterocycles. The predicted molar refractivity (Wildman–Crippen MR) is 48.1 cm³/mol. The second-order valence-electron chi connectivity index (χ2n) is 3.90. The van der Waals surface area contributed by atoms with Gasteiger partial charge in [-0.15, -0.1) is 0 Å². The number of Topliss-reactive ketones (excluding diaryl/α,β-unsaturated/α-hetero) is 1. The lowest BCUT2D eigenvalue weighted by Crippen LogP contribution is -2.17. The Bertz CT molecular complexity index is 210. The lowest BCUT2D eigenvalue weighted by atomic mass is 9.97. The van der Waals surface area contributed by atoms with Gasteiger partial charge in [-0.25, -0.2) is 0 Å². The molecule has 0 amide bonds. The molecule has 13 heavy (non-hydrogen) atoms. The van der Waals surface area contributed by atoms with Crippen molar-refractivity contribution in [3.63, 3.8) is 0 Å². The molecule has 1 aliphatic heterocycles. The van der Waals surface area contributed by atoms with Gasteiger partial charge in [0.1, 0.15) is 12.4 Å². The fourth-order valence-corrected chi connectivity index (χ4v) is 1.39. The van der Waals surface area contributed by atoms with Crippen molar-refractivity contribution >= 4 is 11.8 Å². The molecule has 1 rings (SSSR count). The first-order valence-corrected chi connectivity index (χ1v) is 4.78. The maximum Gasteiger partial charge on any atom is 0.306 e. The van der Waals surface area contributed by atoms with Gasteiger partial charge >= 0.3 is 5.97 Å². The number of esters is 1. The van der Waals surface area contributed by atoms with Crippen LogP contribution in [0.15, 0.2) is 0 Å². The first-order chi connectivity index (χ1) is 6.09. The molecule has 0 N–H and O–H groups in total. The zero-order chi connectivity index (χ0) is 9.84. The smallest absolute Gasteiger partial charge is 0.306 e. The topological polar surface area (TPSA) is 43.4 Å². The highest BCUT2D eigenvalue weighted by Crippen LogP contribution is 2.16. The summed E-state index contributed by atoms with van der Waals surface area (Å²) in [7, 11) is 0. The SMILES string of the molecule is C[C@@H]1CCC(=O)[C@@H](C)COC(=O)C1. The third-order valence-electron chi connectivity index (χ3n) is 2.44.